The first kappa shape index (κ1) is 32.5. The molecule has 2 aliphatic rings. The molecule has 4 aromatic carbocycles. The second-order valence-corrected chi connectivity index (χ2v) is 14.9. The molecule has 50 heavy (non-hydrogen) atoms. The summed E-state index contributed by atoms with van der Waals surface area (Å²) in [4.78, 5) is 9.73. The summed E-state index contributed by atoms with van der Waals surface area (Å²) in [6, 6.07) is 33.4. The Morgan fingerprint density at radius 1 is 0.780 bits per heavy atom. The van der Waals surface area contributed by atoms with E-state index in [1.807, 2.05) is 12.4 Å². The van der Waals surface area contributed by atoms with E-state index in [0.29, 0.717) is 5.92 Å². The van der Waals surface area contributed by atoms with Crippen LogP contribution >= 0.6 is 0 Å². The summed E-state index contributed by atoms with van der Waals surface area (Å²) in [5.74, 6) is 4.42. The van der Waals surface area contributed by atoms with Crippen molar-refractivity contribution in [3.8, 4) is 40.1 Å². The standard InChI is InChI=1S/C43H36BN3O2.Pt/c1-24(2)28-18-38-41-39(19-28)49-37-21-31-30-10-8-9-11-34(30)47(40-20-29(14-15-45-40)43(5,6)7)35(31)22-33(37)44(41)32-17-27(12-13-36(32)48-38)42-26(4)16-25(3)23-46-42;/h8-16,18-21,23-24H,1-7H3;/q-2;+2. The van der Waals surface area contributed by atoms with E-state index in [2.05, 4.69) is 138 Å². The monoisotopic (exact) mass is 832 g/mol. The van der Waals surface area contributed by atoms with Crippen LogP contribution in [0, 0.1) is 26.0 Å². The van der Waals surface area contributed by atoms with Gasteiger partial charge >= 0.3 is 21.1 Å². The topological polar surface area (TPSA) is 49.2 Å². The molecular formula is C43H36BN3O2Pt. The predicted octanol–water partition coefficient (Wildman–Crippen LogP) is 8.60. The van der Waals surface area contributed by atoms with Gasteiger partial charge in [-0.15, -0.1) is 40.8 Å². The first-order valence-electron chi connectivity index (χ1n) is 17.0. The van der Waals surface area contributed by atoms with E-state index in [0.717, 1.165) is 89.4 Å². The van der Waals surface area contributed by atoms with E-state index in [9.17, 15) is 0 Å². The fraction of sp³-hybridized carbons (Fsp3) is 0.209. The van der Waals surface area contributed by atoms with Crippen molar-refractivity contribution < 1.29 is 30.5 Å². The maximum absolute atomic E-state index is 6.85. The Bertz CT molecular complexity index is 2510. The number of fused-ring (bicyclic) bond motifs is 7. The third-order valence-corrected chi connectivity index (χ3v) is 10.1. The van der Waals surface area contributed by atoms with Crippen LogP contribution in [0.15, 0.2) is 85.2 Å². The SMILES string of the molecule is Cc1cnc(-c2[c-]c3c(cc2)Oc2cc(C(C)C)cc4c2B3c2[c-]c3c(cc2O4)c2ccccc2n3-c2cc(C(C)(C)C)ccn2)c(C)c1.[Pt+2]. The second kappa shape index (κ2) is 11.7. The maximum atomic E-state index is 6.85. The Balaban J connectivity index is 0.00000361. The molecule has 3 aromatic heterocycles. The summed E-state index contributed by atoms with van der Waals surface area (Å²) >= 11 is 0. The molecular weight excluding hydrogens is 796 g/mol. The number of ether oxygens (including phenoxy) is 2. The summed E-state index contributed by atoms with van der Waals surface area (Å²) in [6.45, 7) is 15.1. The zero-order valence-corrected chi connectivity index (χ0v) is 31.5. The Labute approximate surface area is 308 Å². The number of benzene rings is 4. The largest absolute Gasteiger partial charge is 2.00 e. The Morgan fingerprint density at radius 2 is 1.52 bits per heavy atom. The molecule has 7 aromatic rings. The first-order valence-corrected chi connectivity index (χ1v) is 17.0. The number of aromatic nitrogens is 3. The number of rotatable bonds is 3. The van der Waals surface area contributed by atoms with Crippen LogP contribution < -0.4 is 25.9 Å². The summed E-state index contributed by atoms with van der Waals surface area (Å²) in [6.07, 6.45) is 3.84. The van der Waals surface area contributed by atoms with Crippen molar-refractivity contribution in [2.24, 2.45) is 0 Å². The fourth-order valence-corrected chi connectivity index (χ4v) is 7.49. The van der Waals surface area contributed by atoms with Crippen molar-refractivity contribution in [3.05, 3.63) is 120 Å². The minimum atomic E-state index is -0.200. The van der Waals surface area contributed by atoms with Crippen LogP contribution in [0.3, 0.4) is 0 Å². The van der Waals surface area contributed by atoms with Gasteiger partial charge in [-0.2, -0.15) is 6.07 Å². The smallest absolute Gasteiger partial charge is 0.518 e. The summed E-state index contributed by atoms with van der Waals surface area (Å²) in [5, 5.41) is 2.21. The third-order valence-electron chi connectivity index (χ3n) is 10.1. The summed E-state index contributed by atoms with van der Waals surface area (Å²) in [7, 11) is 0. The number of hydrogen-bond acceptors (Lipinski definition) is 4. The van der Waals surface area contributed by atoms with Crippen molar-refractivity contribution in [2.75, 3.05) is 0 Å². The molecule has 248 valence electrons. The average molecular weight is 833 g/mol. The van der Waals surface area contributed by atoms with E-state index >= 15 is 0 Å². The quantitative estimate of drug-likeness (QED) is 0.132. The fourth-order valence-electron chi connectivity index (χ4n) is 7.49. The van der Waals surface area contributed by atoms with Gasteiger partial charge in [0.1, 0.15) is 17.3 Å². The molecule has 0 radical (unpaired) electrons. The van der Waals surface area contributed by atoms with Crippen LogP contribution in [-0.4, -0.2) is 21.2 Å². The molecule has 9 rings (SSSR count). The zero-order chi connectivity index (χ0) is 33.8. The average Bonchev–Trinajstić information content (AvgIpc) is 3.39. The van der Waals surface area contributed by atoms with Crippen molar-refractivity contribution in [3.63, 3.8) is 0 Å². The number of para-hydroxylation sites is 1. The first-order chi connectivity index (χ1) is 23.5. The minimum absolute atomic E-state index is 0. The number of aryl methyl sites for hydroxylation is 2. The summed E-state index contributed by atoms with van der Waals surface area (Å²) < 4.78 is 15.8. The van der Waals surface area contributed by atoms with Gasteiger partial charge in [-0.3, -0.25) is 0 Å². The molecule has 0 atom stereocenters. The van der Waals surface area contributed by atoms with Gasteiger partial charge in [-0.1, -0.05) is 75.4 Å². The molecule has 0 amide bonds. The molecule has 0 saturated heterocycles. The van der Waals surface area contributed by atoms with Gasteiger partial charge in [0.25, 0.3) is 0 Å². The van der Waals surface area contributed by atoms with Crippen molar-refractivity contribution in [2.45, 2.75) is 59.8 Å². The van der Waals surface area contributed by atoms with Crippen LogP contribution in [0.1, 0.15) is 62.8 Å². The van der Waals surface area contributed by atoms with Crippen LogP contribution in [-0.2, 0) is 26.5 Å². The van der Waals surface area contributed by atoms with Crippen LogP contribution in [0.25, 0.3) is 38.9 Å². The zero-order valence-electron chi connectivity index (χ0n) is 29.2. The van der Waals surface area contributed by atoms with Crippen LogP contribution in [0.2, 0.25) is 0 Å². The van der Waals surface area contributed by atoms with Crippen LogP contribution in [0.4, 0.5) is 0 Å². The Hall–Kier alpha value is -4.67. The van der Waals surface area contributed by atoms with Crippen molar-refractivity contribution in [1.82, 2.24) is 14.5 Å². The number of nitrogens with zero attached hydrogens (tertiary/aromatic N) is 3. The maximum Gasteiger partial charge on any atom is 2.00 e. The van der Waals surface area contributed by atoms with Gasteiger partial charge in [-0.05, 0) is 83.3 Å². The number of hydrogen-bond donors (Lipinski definition) is 0. The minimum Gasteiger partial charge on any atom is -0.518 e. The molecule has 5 heterocycles. The van der Waals surface area contributed by atoms with Gasteiger partial charge in [0.15, 0.2) is 0 Å². The van der Waals surface area contributed by atoms with E-state index in [-0.39, 0.29) is 33.2 Å². The molecule has 7 heteroatoms. The van der Waals surface area contributed by atoms with E-state index < -0.39 is 0 Å². The molecule has 0 unspecified atom stereocenters. The molecule has 0 bridgehead atoms. The van der Waals surface area contributed by atoms with Crippen molar-refractivity contribution >= 4 is 44.9 Å². The normalized spacial score (nSPS) is 13.0. The molecule has 5 nitrogen and oxygen atoms in total. The number of pyridine rings is 2. The Morgan fingerprint density at radius 3 is 2.26 bits per heavy atom. The summed E-state index contributed by atoms with van der Waals surface area (Å²) in [5.41, 5.74) is 11.5. The van der Waals surface area contributed by atoms with Crippen molar-refractivity contribution in [1.29, 1.82) is 0 Å². The molecule has 0 aliphatic carbocycles. The van der Waals surface area contributed by atoms with Gasteiger partial charge < -0.3 is 19.0 Å². The Kier molecular flexibility index (Phi) is 7.62. The molecule has 0 N–H and O–H groups in total. The molecule has 0 fully saturated rings. The van der Waals surface area contributed by atoms with E-state index in [4.69, 9.17) is 19.4 Å². The third kappa shape index (κ3) is 5.02. The van der Waals surface area contributed by atoms with E-state index in [1.165, 1.54) is 11.1 Å². The van der Waals surface area contributed by atoms with Gasteiger partial charge in [0.05, 0.1) is 0 Å². The molecule has 0 spiro atoms. The van der Waals surface area contributed by atoms with Gasteiger partial charge in [0.2, 0.25) is 6.71 Å². The second-order valence-electron chi connectivity index (χ2n) is 14.9. The molecule has 2 aliphatic heterocycles. The van der Waals surface area contributed by atoms with E-state index in [1.54, 1.807) is 0 Å². The van der Waals surface area contributed by atoms with Gasteiger partial charge in [0, 0.05) is 34.9 Å². The van der Waals surface area contributed by atoms with Crippen LogP contribution in [0.5, 0.6) is 23.0 Å². The van der Waals surface area contributed by atoms with Gasteiger partial charge in [-0.25, -0.2) is 4.98 Å². The molecule has 0 saturated carbocycles. The predicted molar refractivity (Wildman–Crippen MR) is 199 cm³/mol.